The molecule has 114 valence electrons. The summed E-state index contributed by atoms with van der Waals surface area (Å²) in [5.41, 5.74) is 0.777. The van der Waals surface area contributed by atoms with E-state index in [0.29, 0.717) is 0 Å². The zero-order valence-electron chi connectivity index (χ0n) is 12.2. The van der Waals surface area contributed by atoms with Crippen LogP contribution in [0.5, 0.6) is 5.75 Å². The Bertz CT molecular complexity index is 556. The summed E-state index contributed by atoms with van der Waals surface area (Å²) in [4.78, 5) is 35.7. The topological polar surface area (TPSA) is 95.9 Å². The lowest BCUT2D eigenvalue weighted by Gasteiger charge is -2.16. The highest BCUT2D eigenvalue weighted by atomic mass is 16.5. The first-order valence-electron chi connectivity index (χ1n) is 6.26. The Morgan fingerprint density at radius 1 is 1.33 bits per heavy atom. The predicted molar refractivity (Wildman–Crippen MR) is 74.8 cm³/mol. The van der Waals surface area contributed by atoms with Crippen molar-refractivity contribution in [3.8, 4) is 5.75 Å². The van der Waals surface area contributed by atoms with Gasteiger partial charge in [-0.2, -0.15) is 0 Å². The lowest BCUT2D eigenvalue weighted by Crippen LogP contribution is -2.39. The monoisotopic (exact) mass is 294 g/mol. The maximum absolute atomic E-state index is 11.8. The van der Waals surface area contributed by atoms with Crippen LogP contribution in [0.15, 0.2) is 18.2 Å². The largest absolute Gasteiger partial charge is 0.507 e. The molecule has 2 N–H and O–H groups in total. The van der Waals surface area contributed by atoms with Gasteiger partial charge in [-0.15, -0.1) is 0 Å². The molecule has 1 aromatic rings. The van der Waals surface area contributed by atoms with E-state index in [9.17, 15) is 19.5 Å². The Balaban J connectivity index is 2.58. The van der Waals surface area contributed by atoms with Crippen LogP contribution in [0.4, 0.5) is 0 Å². The second-order valence-corrected chi connectivity index (χ2v) is 4.52. The van der Waals surface area contributed by atoms with Gasteiger partial charge in [0.2, 0.25) is 5.91 Å². The van der Waals surface area contributed by atoms with Gasteiger partial charge in [0.15, 0.2) is 6.61 Å². The third-order valence-electron chi connectivity index (χ3n) is 2.78. The van der Waals surface area contributed by atoms with Gasteiger partial charge in [-0.05, 0) is 19.1 Å². The normalized spacial score (nSPS) is 9.86. The molecule has 21 heavy (non-hydrogen) atoms. The van der Waals surface area contributed by atoms with Crippen LogP contribution in [0.3, 0.4) is 0 Å². The van der Waals surface area contributed by atoms with Crippen LogP contribution in [0.25, 0.3) is 0 Å². The third kappa shape index (κ3) is 4.79. The van der Waals surface area contributed by atoms with Crippen molar-refractivity contribution in [1.29, 1.82) is 0 Å². The molecule has 0 fully saturated rings. The van der Waals surface area contributed by atoms with Gasteiger partial charge in [0.05, 0.1) is 6.54 Å². The Morgan fingerprint density at radius 2 is 2.00 bits per heavy atom. The van der Waals surface area contributed by atoms with E-state index in [-0.39, 0.29) is 23.8 Å². The minimum atomic E-state index is -0.794. The molecule has 0 atom stereocenters. The molecular weight excluding hydrogens is 276 g/mol. The minimum absolute atomic E-state index is 0.00301. The van der Waals surface area contributed by atoms with Crippen LogP contribution in [0.1, 0.15) is 15.9 Å². The van der Waals surface area contributed by atoms with Crippen molar-refractivity contribution in [2.75, 3.05) is 27.2 Å². The summed E-state index contributed by atoms with van der Waals surface area (Å²) in [6, 6.07) is 4.50. The summed E-state index contributed by atoms with van der Waals surface area (Å²) in [7, 11) is 2.89. The number of carbonyl (C=O) groups excluding carboxylic acids is 3. The number of nitrogens with zero attached hydrogens (tertiary/aromatic N) is 1. The number of benzene rings is 1. The maximum atomic E-state index is 11.8. The number of esters is 1. The number of amides is 2. The van der Waals surface area contributed by atoms with Gasteiger partial charge in [0, 0.05) is 14.1 Å². The van der Waals surface area contributed by atoms with Gasteiger partial charge in [-0.1, -0.05) is 11.6 Å². The molecule has 0 aliphatic rings. The highest BCUT2D eigenvalue weighted by molar-refractivity contribution is 5.94. The average molecular weight is 294 g/mol. The second kappa shape index (κ2) is 7.28. The summed E-state index contributed by atoms with van der Waals surface area (Å²) >= 11 is 0. The first-order valence-corrected chi connectivity index (χ1v) is 6.26. The lowest BCUT2D eigenvalue weighted by atomic mass is 10.1. The predicted octanol–water partition coefficient (Wildman–Crippen LogP) is 0.0618. The molecule has 0 aliphatic heterocycles. The van der Waals surface area contributed by atoms with Crippen molar-refractivity contribution in [2.45, 2.75) is 6.92 Å². The number of aryl methyl sites for hydroxylation is 1. The molecule has 1 aromatic carbocycles. The molecule has 7 nitrogen and oxygen atoms in total. The summed E-state index contributed by atoms with van der Waals surface area (Å²) in [5, 5.41) is 12.0. The Hall–Kier alpha value is -2.57. The summed E-state index contributed by atoms with van der Waals surface area (Å²) in [6.07, 6.45) is 0. The number of rotatable bonds is 5. The van der Waals surface area contributed by atoms with Crippen molar-refractivity contribution in [3.05, 3.63) is 29.3 Å². The van der Waals surface area contributed by atoms with Crippen molar-refractivity contribution >= 4 is 17.8 Å². The average Bonchev–Trinajstić information content (AvgIpc) is 2.46. The van der Waals surface area contributed by atoms with E-state index in [4.69, 9.17) is 4.74 Å². The van der Waals surface area contributed by atoms with Crippen LogP contribution in [0, 0.1) is 6.92 Å². The molecule has 0 aliphatic carbocycles. The number of phenolic OH excluding ortho intramolecular Hbond substituents is 1. The van der Waals surface area contributed by atoms with E-state index in [2.05, 4.69) is 5.32 Å². The summed E-state index contributed by atoms with van der Waals surface area (Å²) in [5.74, 6) is -1.85. The van der Waals surface area contributed by atoms with Crippen LogP contribution in [-0.4, -0.2) is 55.0 Å². The van der Waals surface area contributed by atoms with Crippen LogP contribution >= 0.6 is 0 Å². The van der Waals surface area contributed by atoms with Crippen molar-refractivity contribution in [1.82, 2.24) is 10.2 Å². The highest BCUT2D eigenvalue weighted by Gasteiger charge is 2.17. The van der Waals surface area contributed by atoms with Crippen LogP contribution < -0.4 is 5.32 Å². The molecule has 1 rings (SSSR count). The van der Waals surface area contributed by atoms with E-state index in [1.807, 2.05) is 0 Å². The molecule has 0 unspecified atom stereocenters. The zero-order chi connectivity index (χ0) is 16.0. The Kier molecular flexibility index (Phi) is 5.71. The number of carbonyl (C=O) groups is 3. The summed E-state index contributed by atoms with van der Waals surface area (Å²) < 4.78 is 4.84. The van der Waals surface area contributed by atoms with Crippen LogP contribution in [0.2, 0.25) is 0 Å². The van der Waals surface area contributed by atoms with Gasteiger partial charge >= 0.3 is 5.97 Å². The standard InChI is InChI=1S/C14H18N2O5/c1-9-4-5-11(17)10(6-9)14(20)21-8-13(19)16(3)7-12(18)15-2/h4-6,17H,7-8H2,1-3H3,(H,15,18). The third-order valence-corrected chi connectivity index (χ3v) is 2.78. The number of hydrogen-bond donors (Lipinski definition) is 2. The molecule has 2 amide bonds. The fourth-order valence-electron chi connectivity index (χ4n) is 1.51. The van der Waals surface area contributed by atoms with E-state index >= 15 is 0 Å². The molecule has 0 aromatic heterocycles. The van der Waals surface area contributed by atoms with E-state index < -0.39 is 18.5 Å². The smallest absolute Gasteiger partial charge is 0.342 e. The SMILES string of the molecule is CNC(=O)CN(C)C(=O)COC(=O)c1cc(C)ccc1O. The van der Waals surface area contributed by atoms with Gasteiger partial charge in [-0.3, -0.25) is 9.59 Å². The number of nitrogens with one attached hydrogen (secondary N) is 1. The van der Waals surface area contributed by atoms with E-state index in [1.165, 1.54) is 26.2 Å². The fraction of sp³-hybridized carbons (Fsp3) is 0.357. The van der Waals surface area contributed by atoms with Gasteiger partial charge < -0.3 is 20.1 Å². The second-order valence-electron chi connectivity index (χ2n) is 4.52. The van der Waals surface area contributed by atoms with Gasteiger partial charge in [-0.25, -0.2) is 4.79 Å². The molecule has 7 heteroatoms. The summed E-state index contributed by atoms with van der Waals surface area (Å²) in [6.45, 7) is 1.14. The molecule has 0 radical (unpaired) electrons. The number of ether oxygens (including phenoxy) is 1. The fourth-order valence-corrected chi connectivity index (χ4v) is 1.51. The number of aromatic hydroxyl groups is 1. The number of phenols is 1. The zero-order valence-corrected chi connectivity index (χ0v) is 12.2. The Labute approximate surface area is 122 Å². The van der Waals surface area contributed by atoms with Crippen molar-refractivity contribution in [2.24, 2.45) is 0 Å². The van der Waals surface area contributed by atoms with Crippen molar-refractivity contribution in [3.63, 3.8) is 0 Å². The lowest BCUT2D eigenvalue weighted by molar-refractivity contribution is -0.137. The molecule has 0 saturated carbocycles. The first-order chi connectivity index (χ1) is 9.85. The molecule has 0 heterocycles. The maximum Gasteiger partial charge on any atom is 0.342 e. The van der Waals surface area contributed by atoms with Crippen molar-refractivity contribution < 1.29 is 24.2 Å². The molecular formula is C14H18N2O5. The first kappa shape index (κ1) is 16.5. The van der Waals surface area contributed by atoms with Gasteiger partial charge in [0.1, 0.15) is 11.3 Å². The molecule has 0 saturated heterocycles. The van der Waals surface area contributed by atoms with Gasteiger partial charge in [0.25, 0.3) is 5.91 Å². The van der Waals surface area contributed by atoms with Crippen LogP contribution in [-0.2, 0) is 14.3 Å². The molecule has 0 spiro atoms. The number of likely N-dealkylation sites (N-methyl/N-ethyl adjacent to an activating group) is 2. The quantitative estimate of drug-likeness (QED) is 0.749. The number of hydrogen-bond acceptors (Lipinski definition) is 5. The molecule has 0 bridgehead atoms. The minimum Gasteiger partial charge on any atom is -0.507 e. The highest BCUT2D eigenvalue weighted by Crippen LogP contribution is 2.19. The van der Waals surface area contributed by atoms with E-state index in [1.54, 1.807) is 13.0 Å². The Morgan fingerprint density at radius 3 is 2.62 bits per heavy atom. The van der Waals surface area contributed by atoms with E-state index in [0.717, 1.165) is 10.5 Å².